The third kappa shape index (κ3) is 4.93. The molecule has 4 nitrogen and oxygen atoms in total. The van der Waals surface area contributed by atoms with Crippen LogP contribution in [0.15, 0.2) is 42.5 Å². The topological polar surface area (TPSA) is 41.6 Å². The maximum absolute atomic E-state index is 12.7. The SMILES string of the molecule is COc1ccc2c(c1)CCCC2CC(=O)NCC(c1ccc(C)cc1)N(C)C. The van der Waals surface area contributed by atoms with Crippen molar-refractivity contribution in [2.24, 2.45) is 0 Å². The zero-order chi connectivity index (χ0) is 20.1. The number of hydrogen-bond donors (Lipinski definition) is 1. The fourth-order valence-corrected chi connectivity index (χ4v) is 4.12. The molecule has 0 saturated carbocycles. The van der Waals surface area contributed by atoms with Crippen LogP contribution in [-0.2, 0) is 11.2 Å². The van der Waals surface area contributed by atoms with Crippen LogP contribution in [0.25, 0.3) is 0 Å². The van der Waals surface area contributed by atoms with E-state index in [1.807, 2.05) is 6.07 Å². The highest BCUT2D eigenvalue weighted by molar-refractivity contribution is 5.77. The third-order valence-corrected chi connectivity index (χ3v) is 5.80. The first-order valence-corrected chi connectivity index (χ1v) is 10.1. The van der Waals surface area contributed by atoms with Gasteiger partial charge in [0.15, 0.2) is 0 Å². The molecule has 1 amide bonds. The Kier molecular flexibility index (Phi) is 6.74. The molecule has 0 bridgehead atoms. The average Bonchev–Trinajstić information content (AvgIpc) is 2.69. The molecule has 2 atom stereocenters. The van der Waals surface area contributed by atoms with Gasteiger partial charge in [-0.15, -0.1) is 0 Å². The van der Waals surface area contributed by atoms with E-state index < -0.39 is 0 Å². The number of nitrogens with zero attached hydrogens (tertiary/aromatic N) is 1. The summed E-state index contributed by atoms with van der Waals surface area (Å²) in [6.07, 6.45) is 3.82. The van der Waals surface area contributed by atoms with Crippen LogP contribution in [-0.4, -0.2) is 38.6 Å². The zero-order valence-electron chi connectivity index (χ0n) is 17.5. The first-order chi connectivity index (χ1) is 13.5. The van der Waals surface area contributed by atoms with Crippen molar-refractivity contribution in [3.05, 3.63) is 64.7 Å². The standard InChI is InChI=1S/C24H32N2O2/c1-17-8-10-18(11-9-17)23(26(2)3)16-25-24(27)15-20-7-5-6-19-14-21(28-4)12-13-22(19)20/h8-14,20,23H,5-7,15-16H2,1-4H3,(H,25,27). The number of rotatable bonds is 7. The highest BCUT2D eigenvalue weighted by Gasteiger charge is 2.24. The van der Waals surface area contributed by atoms with Crippen molar-refractivity contribution in [3.8, 4) is 5.75 Å². The summed E-state index contributed by atoms with van der Waals surface area (Å²) in [4.78, 5) is 14.9. The van der Waals surface area contributed by atoms with Crippen molar-refractivity contribution in [2.75, 3.05) is 27.7 Å². The quantitative estimate of drug-likeness (QED) is 0.781. The third-order valence-electron chi connectivity index (χ3n) is 5.80. The van der Waals surface area contributed by atoms with Crippen molar-refractivity contribution < 1.29 is 9.53 Å². The summed E-state index contributed by atoms with van der Waals surface area (Å²) in [6.45, 7) is 2.71. The molecule has 3 rings (SSSR count). The van der Waals surface area contributed by atoms with Gasteiger partial charge < -0.3 is 15.0 Å². The van der Waals surface area contributed by atoms with Crippen LogP contribution in [0.2, 0.25) is 0 Å². The van der Waals surface area contributed by atoms with Gasteiger partial charge in [0.05, 0.1) is 13.2 Å². The number of carbonyl (C=O) groups excluding carboxylic acids is 1. The number of amides is 1. The number of ether oxygens (including phenoxy) is 1. The monoisotopic (exact) mass is 380 g/mol. The Morgan fingerprint density at radius 2 is 1.96 bits per heavy atom. The molecule has 1 aliphatic carbocycles. The number of carbonyl (C=O) groups is 1. The van der Waals surface area contributed by atoms with E-state index in [0.717, 1.165) is 25.0 Å². The summed E-state index contributed by atoms with van der Waals surface area (Å²) in [6, 6.07) is 15.0. The summed E-state index contributed by atoms with van der Waals surface area (Å²) in [5, 5.41) is 3.17. The van der Waals surface area contributed by atoms with Crippen LogP contribution in [0.1, 0.15) is 53.5 Å². The predicted molar refractivity (Wildman–Crippen MR) is 114 cm³/mol. The first kappa shape index (κ1) is 20.4. The fourth-order valence-electron chi connectivity index (χ4n) is 4.12. The Balaban J connectivity index is 1.62. The minimum Gasteiger partial charge on any atom is -0.497 e. The minimum atomic E-state index is 0.132. The van der Waals surface area contributed by atoms with Crippen molar-refractivity contribution in [1.82, 2.24) is 10.2 Å². The summed E-state index contributed by atoms with van der Waals surface area (Å²) < 4.78 is 5.35. The van der Waals surface area contributed by atoms with Crippen LogP contribution >= 0.6 is 0 Å². The van der Waals surface area contributed by atoms with Gasteiger partial charge in [-0.25, -0.2) is 0 Å². The van der Waals surface area contributed by atoms with Crippen LogP contribution in [0.5, 0.6) is 5.75 Å². The number of hydrogen-bond acceptors (Lipinski definition) is 3. The molecule has 28 heavy (non-hydrogen) atoms. The lowest BCUT2D eigenvalue weighted by atomic mass is 9.81. The first-order valence-electron chi connectivity index (χ1n) is 10.1. The van der Waals surface area contributed by atoms with E-state index in [0.29, 0.717) is 18.9 Å². The van der Waals surface area contributed by atoms with Gasteiger partial charge >= 0.3 is 0 Å². The molecule has 4 heteroatoms. The number of likely N-dealkylation sites (N-methyl/N-ethyl adjacent to an activating group) is 1. The van der Waals surface area contributed by atoms with Gasteiger partial charge in [-0.05, 0) is 75.0 Å². The molecule has 0 fully saturated rings. The molecule has 0 aromatic heterocycles. The Labute approximate surface area is 168 Å². The molecule has 0 spiro atoms. The van der Waals surface area contributed by atoms with Crippen molar-refractivity contribution in [2.45, 2.75) is 44.6 Å². The highest BCUT2D eigenvalue weighted by Crippen LogP contribution is 2.35. The van der Waals surface area contributed by atoms with Crippen molar-refractivity contribution >= 4 is 5.91 Å². The molecule has 2 aromatic rings. The Bertz CT molecular complexity index is 799. The summed E-state index contributed by atoms with van der Waals surface area (Å²) >= 11 is 0. The van der Waals surface area contributed by atoms with Crippen molar-refractivity contribution in [1.29, 1.82) is 0 Å². The van der Waals surface area contributed by atoms with Gasteiger partial charge in [0.25, 0.3) is 0 Å². The normalized spacial score (nSPS) is 17.1. The molecule has 0 heterocycles. The van der Waals surface area contributed by atoms with Crippen LogP contribution in [0, 0.1) is 6.92 Å². The predicted octanol–water partition coefficient (Wildman–Crippen LogP) is 4.23. The smallest absolute Gasteiger partial charge is 0.220 e. The Hall–Kier alpha value is -2.33. The number of aryl methyl sites for hydroxylation is 2. The minimum absolute atomic E-state index is 0.132. The average molecular weight is 381 g/mol. The van der Waals surface area contributed by atoms with Gasteiger partial charge in [0.2, 0.25) is 5.91 Å². The molecule has 2 unspecified atom stereocenters. The van der Waals surface area contributed by atoms with E-state index in [2.05, 4.69) is 67.6 Å². The number of benzene rings is 2. The second-order valence-electron chi connectivity index (χ2n) is 8.05. The maximum Gasteiger partial charge on any atom is 0.220 e. The van der Waals surface area contributed by atoms with Gasteiger partial charge in [-0.3, -0.25) is 4.79 Å². The van der Waals surface area contributed by atoms with Crippen LogP contribution in [0.4, 0.5) is 0 Å². The number of fused-ring (bicyclic) bond motifs is 1. The van der Waals surface area contributed by atoms with E-state index in [1.165, 1.54) is 22.3 Å². The van der Waals surface area contributed by atoms with E-state index in [9.17, 15) is 4.79 Å². The van der Waals surface area contributed by atoms with Gasteiger partial charge in [-0.1, -0.05) is 35.9 Å². The molecule has 1 aliphatic rings. The molecule has 0 saturated heterocycles. The summed E-state index contributed by atoms with van der Waals surface area (Å²) in [5.74, 6) is 1.33. The van der Waals surface area contributed by atoms with E-state index in [4.69, 9.17) is 4.74 Å². The Morgan fingerprint density at radius 1 is 1.21 bits per heavy atom. The molecular weight excluding hydrogens is 348 g/mol. The number of nitrogens with one attached hydrogen (secondary N) is 1. The van der Waals surface area contributed by atoms with Crippen LogP contribution < -0.4 is 10.1 Å². The lowest BCUT2D eigenvalue weighted by Gasteiger charge is -2.27. The molecular formula is C24H32N2O2. The maximum atomic E-state index is 12.7. The largest absolute Gasteiger partial charge is 0.497 e. The lowest BCUT2D eigenvalue weighted by molar-refractivity contribution is -0.121. The van der Waals surface area contributed by atoms with Crippen molar-refractivity contribution in [3.63, 3.8) is 0 Å². The van der Waals surface area contributed by atoms with E-state index in [-0.39, 0.29) is 11.9 Å². The number of methoxy groups -OCH3 is 1. The Morgan fingerprint density at radius 3 is 2.64 bits per heavy atom. The molecule has 0 radical (unpaired) electrons. The highest BCUT2D eigenvalue weighted by atomic mass is 16.5. The summed E-state index contributed by atoms with van der Waals surface area (Å²) in [7, 11) is 5.81. The molecule has 1 N–H and O–H groups in total. The van der Waals surface area contributed by atoms with Gasteiger partial charge in [0, 0.05) is 13.0 Å². The molecule has 2 aromatic carbocycles. The van der Waals surface area contributed by atoms with Crippen LogP contribution in [0.3, 0.4) is 0 Å². The lowest BCUT2D eigenvalue weighted by Crippen LogP contribution is -2.35. The molecule has 0 aliphatic heterocycles. The zero-order valence-corrected chi connectivity index (χ0v) is 17.5. The fraction of sp³-hybridized carbons (Fsp3) is 0.458. The summed E-state index contributed by atoms with van der Waals surface area (Å²) in [5.41, 5.74) is 5.11. The second-order valence-corrected chi connectivity index (χ2v) is 8.05. The van der Waals surface area contributed by atoms with E-state index >= 15 is 0 Å². The van der Waals surface area contributed by atoms with Gasteiger partial charge in [0.1, 0.15) is 5.75 Å². The molecule has 150 valence electrons. The van der Waals surface area contributed by atoms with Gasteiger partial charge in [-0.2, -0.15) is 0 Å². The second kappa shape index (κ2) is 9.24. The van der Waals surface area contributed by atoms with E-state index in [1.54, 1.807) is 7.11 Å².